The van der Waals surface area contributed by atoms with E-state index in [0.29, 0.717) is 0 Å². The molecule has 1 N–H and O–H groups in total. The maximum Gasteiger partial charge on any atom is 0.139 e. The van der Waals surface area contributed by atoms with Crippen molar-refractivity contribution in [3.05, 3.63) is 41.5 Å². The summed E-state index contributed by atoms with van der Waals surface area (Å²) >= 11 is 0. The highest BCUT2D eigenvalue weighted by molar-refractivity contribution is 5.49. The van der Waals surface area contributed by atoms with E-state index in [-0.39, 0.29) is 18.2 Å². The summed E-state index contributed by atoms with van der Waals surface area (Å²) in [5.74, 6) is 2.91. The number of hydrogen-bond acceptors (Lipinski definition) is 5. The second-order valence-corrected chi connectivity index (χ2v) is 7.40. The van der Waals surface area contributed by atoms with Gasteiger partial charge in [0.05, 0.1) is 7.11 Å². The lowest BCUT2D eigenvalue weighted by Gasteiger charge is -2.32. The first-order valence-corrected chi connectivity index (χ1v) is 9.92. The predicted molar refractivity (Wildman–Crippen MR) is 103 cm³/mol. The van der Waals surface area contributed by atoms with Gasteiger partial charge in [-0.25, -0.2) is 4.98 Å². The summed E-state index contributed by atoms with van der Waals surface area (Å²) in [5.41, 5.74) is 2.38. The van der Waals surface area contributed by atoms with Crippen LogP contribution >= 0.6 is 0 Å². The second-order valence-electron chi connectivity index (χ2n) is 7.40. The van der Waals surface area contributed by atoms with E-state index < -0.39 is 0 Å². The minimum absolute atomic E-state index is 0.0211. The van der Waals surface area contributed by atoms with E-state index in [2.05, 4.69) is 40.8 Å². The molecule has 1 saturated heterocycles. The van der Waals surface area contributed by atoms with E-state index in [1.165, 1.54) is 5.56 Å². The predicted octanol–water partition coefficient (Wildman–Crippen LogP) is 3.24. The van der Waals surface area contributed by atoms with Crippen LogP contribution in [0.1, 0.15) is 49.7 Å². The highest BCUT2D eigenvalue weighted by Crippen LogP contribution is 2.36. The summed E-state index contributed by atoms with van der Waals surface area (Å²) in [6.07, 6.45) is 7.14. The van der Waals surface area contributed by atoms with Crippen LogP contribution in [0.2, 0.25) is 0 Å². The summed E-state index contributed by atoms with van der Waals surface area (Å²) in [6, 6.07) is 4.40. The van der Waals surface area contributed by atoms with Gasteiger partial charge in [-0.05, 0) is 38.8 Å². The van der Waals surface area contributed by atoms with Gasteiger partial charge in [-0.15, -0.1) is 0 Å². The Bertz CT molecular complexity index is 789. The highest BCUT2D eigenvalue weighted by atomic mass is 16.5. The molecule has 0 aliphatic carbocycles. The second kappa shape index (κ2) is 7.90. The van der Waals surface area contributed by atoms with Gasteiger partial charge in [0.15, 0.2) is 0 Å². The zero-order valence-corrected chi connectivity index (χ0v) is 16.4. The summed E-state index contributed by atoms with van der Waals surface area (Å²) in [5, 5.41) is 3.71. The van der Waals surface area contributed by atoms with Crippen LogP contribution in [0.15, 0.2) is 24.5 Å². The molecule has 4 rings (SSSR count). The van der Waals surface area contributed by atoms with Gasteiger partial charge in [0.25, 0.3) is 0 Å². The van der Waals surface area contributed by atoms with Crippen LogP contribution in [-0.2, 0) is 24.2 Å². The van der Waals surface area contributed by atoms with Gasteiger partial charge < -0.3 is 24.1 Å². The van der Waals surface area contributed by atoms with Crippen molar-refractivity contribution in [1.82, 2.24) is 14.9 Å². The number of aromatic nitrogens is 2. The van der Waals surface area contributed by atoms with Crippen molar-refractivity contribution in [3.63, 3.8) is 0 Å². The van der Waals surface area contributed by atoms with E-state index in [1.54, 1.807) is 7.11 Å². The standard InChI is InChI=1S/C21H29N3O3/c1-4-24-8-7-22-21(24)20-18(6-5-9-26-20)23-13-16-12-17(25-3)11-15-10-14(2)27-19(15)16/h7-8,11-12,14,18,20,23H,4-6,9-10,13H2,1-3H3/t14-,18-,20-/m0/s1. The largest absolute Gasteiger partial charge is 0.497 e. The molecular formula is C21H29N3O3. The average molecular weight is 371 g/mol. The first-order chi connectivity index (χ1) is 13.2. The molecule has 0 unspecified atom stereocenters. The lowest BCUT2D eigenvalue weighted by atomic mass is 10.0. The number of rotatable bonds is 6. The Labute approximate surface area is 160 Å². The van der Waals surface area contributed by atoms with Gasteiger partial charge in [-0.1, -0.05) is 0 Å². The van der Waals surface area contributed by atoms with Crippen LogP contribution in [0.3, 0.4) is 0 Å². The molecular weight excluding hydrogens is 342 g/mol. The Morgan fingerprint density at radius 1 is 1.37 bits per heavy atom. The van der Waals surface area contributed by atoms with Gasteiger partial charge in [0.1, 0.15) is 29.5 Å². The zero-order valence-electron chi connectivity index (χ0n) is 16.4. The maximum atomic E-state index is 6.12. The van der Waals surface area contributed by atoms with Crippen LogP contribution in [0.4, 0.5) is 0 Å². The summed E-state index contributed by atoms with van der Waals surface area (Å²) in [6.45, 7) is 6.66. The number of nitrogens with one attached hydrogen (secondary N) is 1. The third-order valence-electron chi connectivity index (χ3n) is 5.50. The van der Waals surface area contributed by atoms with Crippen LogP contribution in [0, 0.1) is 0 Å². The molecule has 1 fully saturated rings. The number of hydrogen-bond donors (Lipinski definition) is 1. The number of imidazole rings is 1. The Morgan fingerprint density at radius 3 is 3.07 bits per heavy atom. The van der Waals surface area contributed by atoms with Crippen molar-refractivity contribution in [1.29, 1.82) is 0 Å². The number of fused-ring (bicyclic) bond motifs is 1. The molecule has 3 heterocycles. The fourth-order valence-electron chi connectivity index (χ4n) is 4.16. The van der Waals surface area contributed by atoms with E-state index in [4.69, 9.17) is 14.2 Å². The Hall–Kier alpha value is -2.05. The maximum absolute atomic E-state index is 6.12. The van der Waals surface area contributed by atoms with Crippen LogP contribution in [0.5, 0.6) is 11.5 Å². The summed E-state index contributed by atoms with van der Waals surface area (Å²) < 4.78 is 19.8. The number of aryl methyl sites for hydroxylation is 1. The Kier molecular flexibility index (Phi) is 5.36. The number of ether oxygens (including phenoxy) is 3. The quantitative estimate of drug-likeness (QED) is 0.845. The van der Waals surface area contributed by atoms with Gasteiger partial charge >= 0.3 is 0 Å². The van der Waals surface area contributed by atoms with Crippen molar-refractivity contribution in [2.45, 2.75) is 64.4 Å². The van der Waals surface area contributed by atoms with Crippen LogP contribution in [0.25, 0.3) is 0 Å². The molecule has 6 heteroatoms. The topological polar surface area (TPSA) is 57.5 Å². The first kappa shape index (κ1) is 18.3. The Morgan fingerprint density at radius 2 is 2.26 bits per heavy atom. The van der Waals surface area contributed by atoms with E-state index >= 15 is 0 Å². The van der Waals surface area contributed by atoms with Gasteiger partial charge in [-0.3, -0.25) is 0 Å². The lowest BCUT2D eigenvalue weighted by molar-refractivity contribution is -0.0182. The molecule has 0 bridgehead atoms. The van der Waals surface area contributed by atoms with Gasteiger partial charge in [0.2, 0.25) is 0 Å². The molecule has 2 aliphatic rings. The minimum atomic E-state index is -0.0211. The monoisotopic (exact) mass is 371 g/mol. The minimum Gasteiger partial charge on any atom is -0.497 e. The molecule has 1 aromatic carbocycles. The highest BCUT2D eigenvalue weighted by Gasteiger charge is 2.31. The third kappa shape index (κ3) is 3.69. The SMILES string of the molecule is CCn1ccnc1[C@H]1OCCC[C@@H]1NCc1cc(OC)cc2c1O[C@@H](C)C2. The number of methoxy groups -OCH3 is 1. The van der Waals surface area contributed by atoms with Crippen molar-refractivity contribution in [2.75, 3.05) is 13.7 Å². The Balaban J connectivity index is 1.53. The summed E-state index contributed by atoms with van der Waals surface area (Å²) in [4.78, 5) is 4.56. The molecule has 3 atom stereocenters. The lowest BCUT2D eigenvalue weighted by Crippen LogP contribution is -2.40. The first-order valence-electron chi connectivity index (χ1n) is 9.92. The average Bonchev–Trinajstić information content (AvgIpc) is 3.31. The smallest absolute Gasteiger partial charge is 0.139 e. The van der Waals surface area contributed by atoms with Crippen LogP contribution < -0.4 is 14.8 Å². The molecule has 6 nitrogen and oxygen atoms in total. The van der Waals surface area contributed by atoms with E-state index in [9.17, 15) is 0 Å². The molecule has 1 aromatic heterocycles. The van der Waals surface area contributed by atoms with Crippen molar-refractivity contribution in [2.24, 2.45) is 0 Å². The molecule has 0 radical (unpaired) electrons. The van der Waals surface area contributed by atoms with E-state index in [0.717, 1.165) is 61.8 Å². The third-order valence-corrected chi connectivity index (χ3v) is 5.50. The summed E-state index contributed by atoms with van der Waals surface area (Å²) in [7, 11) is 1.72. The zero-order chi connectivity index (χ0) is 18.8. The molecule has 0 spiro atoms. The molecule has 146 valence electrons. The number of benzene rings is 1. The normalized spacial score (nSPS) is 24.5. The van der Waals surface area contributed by atoms with Crippen molar-refractivity contribution < 1.29 is 14.2 Å². The fourth-order valence-corrected chi connectivity index (χ4v) is 4.16. The molecule has 0 saturated carbocycles. The fraction of sp³-hybridized carbons (Fsp3) is 0.571. The van der Waals surface area contributed by atoms with Crippen molar-refractivity contribution >= 4 is 0 Å². The molecule has 2 aromatic rings. The molecule has 2 aliphatic heterocycles. The molecule has 0 amide bonds. The molecule has 27 heavy (non-hydrogen) atoms. The van der Waals surface area contributed by atoms with Gasteiger partial charge in [-0.2, -0.15) is 0 Å². The van der Waals surface area contributed by atoms with Crippen molar-refractivity contribution in [3.8, 4) is 11.5 Å². The van der Waals surface area contributed by atoms with Gasteiger partial charge in [0, 0.05) is 55.7 Å². The van der Waals surface area contributed by atoms with E-state index in [1.807, 2.05) is 12.4 Å². The number of nitrogens with zero attached hydrogens (tertiary/aromatic N) is 2. The van der Waals surface area contributed by atoms with Crippen LogP contribution in [-0.4, -0.2) is 35.4 Å².